The van der Waals surface area contributed by atoms with Crippen molar-refractivity contribution in [1.29, 1.82) is 0 Å². The van der Waals surface area contributed by atoms with Crippen LogP contribution in [-0.2, 0) is 11.2 Å². The summed E-state index contributed by atoms with van der Waals surface area (Å²) in [4.78, 5) is 10.4. The maximum absolute atomic E-state index is 10.4. The van der Waals surface area contributed by atoms with Crippen LogP contribution >= 0.6 is 0 Å². The number of rotatable bonds is 3. The van der Waals surface area contributed by atoms with E-state index in [2.05, 4.69) is 5.10 Å². The van der Waals surface area contributed by atoms with Gasteiger partial charge >= 0.3 is 18.9 Å². The van der Waals surface area contributed by atoms with Gasteiger partial charge in [-0.05, 0) is 30.7 Å². The van der Waals surface area contributed by atoms with Gasteiger partial charge in [0.1, 0.15) is 0 Å². The van der Waals surface area contributed by atoms with E-state index in [0.29, 0.717) is 5.69 Å². The molecule has 1 heterocycles. The Balaban J connectivity index is 0.00000144. The van der Waals surface area contributed by atoms with Crippen LogP contribution in [0.3, 0.4) is 0 Å². The maximum Gasteiger partial charge on any atom is 1.00 e. The van der Waals surface area contributed by atoms with Crippen molar-refractivity contribution >= 4 is 5.97 Å². The number of aliphatic carboxylic acids is 1. The summed E-state index contributed by atoms with van der Waals surface area (Å²) in [6.45, 7) is 2.00. The average molecular weight is 222 g/mol. The molecule has 0 bridgehead atoms. The van der Waals surface area contributed by atoms with Crippen LogP contribution < -0.4 is 24.0 Å². The number of aryl methyl sites for hydroxylation is 1. The number of carboxylic acid groups (broad SMARTS) is 1. The number of carboxylic acids is 1. The van der Waals surface area contributed by atoms with Crippen molar-refractivity contribution < 1.29 is 28.8 Å². The summed E-state index contributed by atoms with van der Waals surface area (Å²) in [6, 6.07) is 9.51. The average Bonchev–Trinajstić information content (AvgIpc) is 2.65. The molecule has 0 aliphatic carbocycles. The largest absolute Gasteiger partial charge is 1.00 e. The molecule has 1 aromatic heterocycles. The van der Waals surface area contributed by atoms with Crippen LogP contribution in [0.4, 0.5) is 0 Å². The Hall–Kier alpha value is -1.50. The van der Waals surface area contributed by atoms with E-state index in [4.69, 9.17) is 0 Å². The molecule has 0 radical (unpaired) electrons. The maximum atomic E-state index is 10.4. The van der Waals surface area contributed by atoms with Crippen molar-refractivity contribution in [2.45, 2.75) is 13.3 Å². The van der Waals surface area contributed by atoms with Crippen LogP contribution in [0, 0.1) is 6.92 Å². The van der Waals surface area contributed by atoms with Crippen LogP contribution in [0.1, 0.15) is 11.3 Å². The molecule has 5 heteroatoms. The summed E-state index contributed by atoms with van der Waals surface area (Å²) >= 11 is 0. The molecule has 0 saturated heterocycles. The van der Waals surface area contributed by atoms with Gasteiger partial charge in [-0.2, -0.15) is 5.10 Å². The van der Waals surface area contributed by atoms with Crippen molar-refractivity contribution in [2.75, 3.05) is 0 Å². The minimum atomic E-state index is -1.12. The predicted molar refractivity (Wildman–Crippen MR) is 57.0 cm³/mol. The molecule has 4 nitrogen and oxygen atoms in total. The van der Waals surface area contributed by atoms with Crippen LogP contribution in [0.5, 0.6) is 0 Å². The molecule has 0 unspecified atom stereocenters. The Morgan fingerprint density at radius 2 is 2.18 bits per heavy atom. The van der Waals surface area contributed by atoms with Gasteiger partial charge in [0.05, 0.1) is 11.4 Å². The molecule has 0 saturated carbocycles. The molecule has 2 rings (SSSR count). The van der Waals surface area contributed by atoms with Crippen molar-refractivity contribution in [1.82, 2.24) is 9.78 Å². The third kappa shape index (κ3) is 3.48. The number of carbonyl (C=O) groups is 1. The minimum Gasteiger partial charge on any atom is -0.550 e. The molecule has 0 aliphatic rings. The van der Waals surface area contributed by atoms with Gasteiger partial charge in [0, 0.05) is 18.6 Å². The first kappa shape index (κ1) is 13.6. The van der Waals surface area contributed by atoms with Crippen molar-refractivity contribution in [3.8, 4) is 5.69 Å². The minimum absolute atomic E-state index is 0. The number of hydrogen-bond acceptors (Lipinski definition) is 3. The van der Waals surface area contributed by atoms with Gasteiger partial charge in [0.25, 0.3) is 0 Å². The van der Waals surface area contributed by atoms with Gasteiger partial charge in [-0.15, -0.1) is 0 Å². The summed E-state index contributed by atoms with van der Waals surface area (Å²) in [7, 11) is 0. The first-order valence-corrected chi connectivity index (χ1v) is 4.96. The molecule has 0 spiro atoms. The summed E-state index contributed by atoms with van der Waals surface area (Å²) < 4.78 is 1.66. The van der Waals surface area contributed by atoms with E-state index in [1.807, 2.05) is 31.2 Å². The Morgan fingerprint density at radius 3 is 2.82 bits per heavy atom. The Labute approximate surface area is 111 Å². The zero-order chi connectivity index (χ0) is 11.5. The van der Waals surface area contributed by atoms with Crippen LogP contribution in [0.2, 0.25) is 0 Å². The zero-order valence-electron chi connectivity index (χ0n) is 9.88. The SMILES string of the molecule is Cc1cccc(-n2ccc(CC(=O)[O-])n2)c1.[Li+]. The second-order valence-electron chi connectivity index (χ2n) is 3.64. The molecule has 0 amide bonds. The van der Waals surface area contributed by atoms with Crippen molar-refractivity contribution in [3.63, 3.8) is 0 Å². The second kappa shape index (κ2) is 5.72. The fourth-order valence-corrected chi connectivity index (χ4v) is 1.52. The van der Waals surface area contributed by atoms with Crippen LogP contribution in [0.25, 0.3) is 5.69 Å². The third-order valence-electron chi connectivity index (χ3n) is 2.24. The first-order valence-electron chi connectivity index (χ1n) is 4.96. The normalized spacial score (nSPS) is 9.71. The summed E-state index contributed by atoms with van der Waals surface area (Å²) in [5, 5.41) is 14.6. The van der Waals surface area contributed by atoms with E-state index in [0.717, 1.165) is 11.3 Å². The molecule has 17 heavy (non-hydrogen) atoms. The van der Waals surface area contributed by atoms with E-state index < -0.39 is 5.97 Å². The quantitative estimate of drug-likeness (QED) is 0.538. The number of benzene rings is 1. The standard InChI is InChI=1S/C12H12N2O2.Li/c1-9-3-2-4-11(7-9)14-6-5-10(13-14)8-12(15)16;/h2-7H,8H2,1H3,(H,15,16);/q;+1/p-1. The van der Waals surface area contributed by atoms with E-state index in [1.54, 1.807) is 16.9 Å². The molecule has 0 N–H and O–H groups in total. The van der Waals surface area contributed by atoms with E-state index in [9.17, 15) is 9.90 Å². The molecule has 0 fully saturated rings. The van der Waals surface area contributed by atoms with Gasteiger partial charge in [0.15, 0.2) is 0 Å². The number of hydrogen-bond donors (Lipinski definition) is 0. The molecule has 2 aromatic rings. The second-order valence-corrected chi connectivity index (χ2v) is 3.64. The Morgan fingerprint density at radius 1 is 1.41 bits per heavy atom. The molecule has 0 aliphatic heterocycles. The van der Waals surface area contributed by atoms with E-state index in [-0.39, 0.29) is 25.3 Å². The number of nitrogens with zero attached hydrogens (tertiary/aromatic N) is 2. The van der Waals surface area contributed by atoms with Gasteiger partial charge < -0.3 is 9.90 Å². The topological polar surface area (TPSA) is 58.0 Å². The fourth-order valence-electron chi connectivity index (χ4n) is 1.52. The summed E-state index contributed by atoms with van der Waals surface area (Å²) in [5.74, 6) is -1.12. The van der Waals surface area contributed by atoms with Crippen molar-refractivity contribution in [3.05, 3.63) is 47.8 Å². The van der Waals surface area contributed by atoms with Crippen LogP contribution in [-0.4, -0.2) is 15.7 Å². The fraction of sp³-hybridized carbons (Fsp3) is 0.167. The number of carbonyl (C=O) groups excluding carboxylic acids is 1. The first-order chi connectivity index (χ1) is 7.65. The van der Waals surface area contributed by atoms with Gasteiger partial charge in [0.2, 0.25) is 0 Å². The van der Waals surface area contributed by atoms with E-state index >= 15 is 0 Å². The van der Waals surface area contributed by atoms with Gasteiger partial charge in [-0.1, -0.05) is 12.1 Å². The predicted octanol–water partition coefficient (Wildman–Crippen LogP) is -2.52. The smallest absolute Gasteiger partial charge is 0.550 e. The molecular weight excluding hydrogens is 211 g/mol. The Kier molecular flexibility index (Phi) is 4.56. The summed E-state index contributed by atoms with van der Waals surface area (Å²) in [6.07, 6.45) is 1.59. The van der Waals surface area contributed by atoms with Crippen LogP contribution in [0.15, 0.2) is 36.5 Å². The molecule has 82 valence electrons. The van der Waals surface area contributed by atoms with E-state index in [1.165, 1.54) is 0 Å². The summed E-state index contributed by atoms with van der Waals surface area (Å²) in [5.41, 5.74) is 2.56. The van der Waals surface area contributed by atoms with Gasteiger partial charge in [-0.25, -0.2) is 4.68 Å². The molecule has 1 aromatic carbocycles. The third-order valence-corrected chi connectivity index (χ3v) is 2.24. The molecular formula is C12H11LiN2O2. The van der Waals surface area contributed by atoms with Crippen molar-refractivity contribution in [2.24, 2.45) is 0 Å². The number of aromatic nitrogens is 2. The molecule has 0 atom stereocenters. The monoisotopic (exact) mass is 222 g/mol. The van der Waals surface area contributed by atoms with Gasteiger partial charge in [-0.3, -0.25) is 0 Å². The Bertz CT molecular complexity index is 523. The zero-order valence-corrected chi connectivity index (χ0v) is 9.88.